The number of ether oxygens (including phenoxy) is 1. The Morgan fingerprint density at radius 3 is 2.62 bits per heavy atom. The van der Waals surface area contributed by atoms with Crippen molar-refractivity contribution in [1.82, 2.24) is 19.8 Å². The molecule has 2 aromatic rings. The molecule has 1 aliphatic rings. The maximum atomic E-state index is 12.4. The van der Waals surface area contributed by atoms with Crippen molar-refractivity contribution in [2.75, 3.05) is 32.8 Å². The van der Waals surface area contributed by atoms with Crippen LogP contribution in [0.25, 0.3) is 11.4 Å². The minimum Gasteiger partial charge on any atom is -0.450 e. The molecule has 8 heteroatoms. The number of aryl methyl sites for hydroxylation is 1. The molecule has 1 aliphatic heterocycles. The molecule has 1 fully saturated rings. The van der Waals surface area contributed by atoms with Gasteiger partial charge in [-0.05, 0) is 19.1 Å². The van der Waals surface area contributed by atoms with E-state index in [0.717, 1.165) is 16.4 Å². The Balaban J connectivity index is 1.46. The normalized spacial score (nSPS) is 14.3. The molecule has 3 rings (SSSR count). The summed E-state index contributed by atoms with van der Waals surface area (Å²) >= 11 is 1.55. The highest BCUT2D eigenvalue weighted by Crippen LogP contribution is 2.20. The Labute approximate surface area is 156 Å². The van der Waals surface area contributed by atoms with Crippen molar-refractivity contribution in [2.24, 2.45) is 0 Å². The first-order valence-corrected chi connectivity index (χ1v) is 9.60. The van der Waals surface area contributed by atoms with Gasteiger partial charge in [0, 0.05) is 50.6 Å². The van der Waals surface area contributed by atoms with Gasteiger partial charge in [0.05, 0.1) is 23.0 Å². The molecule has 0 unspecified atom stereocenters. The molecule has 7 nitrogen and oxygen atoms in total. The van der Waals surface area contributed by atoms with Gasteiger partial charge in [-0.2, -0.15) is 0 Å². The summed E-state index contributed by atoms with van der Waals surface area (Å²) in [6, 6.07) is 5.73. The van der Waals surface area contributed by atoms with Crippen LogP contribution in [0, 0.1) is 0 Å². The largest absolute Gasteiger partial charge is 0.450 e. The van der Waals surface area contributed by atoms with E-state index in [-0.39, 0.29) is 12.0 Å². The zero-order chi connectivity index (χ0) is 18.4. The van der Waals surface area contributed by atoms with Crippen molar-refractivity contribution < 1.29 is 14.3 Å². The van der Waals surface area contributed by atoms with E-state index >= 15 is 0 Å². The second-order valence-electron chi connectivity index (χ2n) is 5.91. The van der Waals surface area contributed by atoms with Crippen LogP contribution in [0.2, 0.25) is 0 Å². The van der Waals surface area contributed by atoms with Gasteiger partial charge in [-0.25, -0.2) is 9.78 Å². The Hall–Kier alpha value is -2.48. The minimum absolute atomic E-state index is 0.100. The number of nitrogens with zero attached hydrogens (tertiary/aromatic N) is 4. The first-order chi connectivity index (χ1) is 12.7. The topological polar surface area (TPSA) is 75.6 Å². The molecule has 2 amide bonds. The van der Waals surface area contributed by atoms with Crippen LogP contribution >= 0.6 is 11.3 Å². The van der Waals surface area contributed by atoms with Crippen molar-refractivity contribution in [2.45, 2.75) is 19.8 Å². The molecule has 0 aromatic carbocycles. The molecule has 0 atom stereocenters. The molecule has 0 bridgehead atoms. The number of carbonyl (C=O) groups excluding carboxylic acids is 2. The molecule has 138 valence electrons. The second-order valence-corrected chi connectivity index (χ2v) is 6.85. The number of aromatic nitrogens is 2. The number of piperazine rings is 1. The predicted molar refractivity (Wildman–Crippen MR) is 98.8 cm³/mol. The first-order valence-electron chi connectivity index (χ1n) is 8.72. The van der Waals surface area contributed by atoms with Gasteiger partial charge in [0.2, 0.25) is 5.91 Å². The molecule has 2 aromatic heterocycles. The second kappa shape index (κ2) is 8.75. The van der Waals surface area contributed by atoms with Crippen molar-refractivity contribution in [3.63, 3.8) is 0 Å². The smallest absolute Gasteiger partial charge is 0.409 e. The van der Waals surface area contributed by atoms with Gasteiger partial charge in [0.15, 0.2) is 0 Å². The zero-order valence-electron chi connectivity index (χ0n) is 14.8. The number of thiazole rings is 1. The quantitative estimate of drug-likeness (QED) is 0.803. The lowest BCUT2D eigenvalue weighted by atomic mass is 10.2. The molecule has 0 radical (unpaired) electrons. The Morgan fingerprint density at radius 1 is 1.15 bits per heavy atom. The van der Waals surface area contributed by atoms with Crippen LogP contribution in [0.4, 0.5) is 4.79 Å². The maximum Gasteiger partial charge on any atom is 0.409 e. The van der Waals surface area contributed by atoms with Crippen LogP contribution < -0.4 is 0 Å². The molecular weight excluding hydrogens is 352 g/mol. The van der Waals surface area contributed by atoms with E-state index < -0.39 is 0 Å². The number of pyridine rings is 1. The number of carbonyl (C=O) groups is 2. The summed E-state index contributed by atoms with van der Waals surface area (Å²) in [5, 5.41) is 2.91. The third-order valence-corrected chi connectivity index (χ3v) is 5.10. The molecular formula is C18H22N4O3S. The highest BCUT2D eigenvalue weighted by Gasteiger charge is 2.24. The van der Waals surface area contributed by atoms with Crippen molar-refractivity contribution in [3.8, 4) is 11.4 Å². The predicted octanol–water partition coefficient (Wildman–Crippen LogP) is 2.44. The molecule has 3 heterocycles. The van der Waals surface area contributed by atoms with Crippen LogP contribution in [0.1, 0.15) is 18.4 Å². The van der Waals surface area contributed by atoms with E-state index in [9.17, 15) is 9.59 Å². The Kier molecular flexibility index (Phi) is 6.17. The number of hydrogen-bond donors (Lipinski definition) is 0. The Bertz CT molecular complexity index is 742. The van der Waals surface area contributed by atoms with Crippen molar-refractivity contribution in [3.05, 3.63) is 34.8 Å². The lowest BCUT2D eigenvalue weighted by molar-refractivity contribution is -0.132. The fourth-order valence-corrected chi connectivity index (χ4v) is 3.57. The standard InChI is InChI=1S/C18H22N4O3S/c1-2-25-18(24)22-11-9-21(10-12-22)17(23)7-6-16-20-15(13-26-16)14-5-3-4-8-19-14/h3-5,8,13H,2,6-7,9-12H2,1H3. The summed E-state index contributed by atoms with van der Waals surface area (Å²) in [5.74, 6) is 0.100. The highest BCUT2D eigenvalue weighted by molar-refractivity contribution is 7.09. The van der Waals surface area contributed by atoms with Crippen molar-refractivity contribution >= 4 is 23.3 Å². The lowest BCUT2D eigenvalue weighted by Gasteiger charge is -2.34. The van der Waals surface area contributed by atoms with Crippen LogP contribution in [0.5, 0.6) is 0 Å². The SMILES string of the molecule is CCOC(=O)N1CCN(C(=O)CCc2nc(-c3ccccn3)cs2)CC1. The van der Waals surface area contributed by atoms with Gasteiger partial charge in [0.25, 0.3) is 0 Å². The summed E-state index contributed by atoms with van der Waals surface area (Å²) in [7, 11) is 0. The number of amides is 2. The Morgan fingerprint density at radius 2 is 1.92 bits per heavy atom. The number of hydrogen-bond acceptors (Lipinski definition) is 6. The van der Waals surface area contributed by atoms with Gasteiger partial charge < -0.3 is 14.5 Å². The zero-order valence-corrected chi connectivity index (χ0v) is 15.6. The fourth-order valence-electron chi connectivity index (χ4n) is 2.78. The molecule has 0 saturated carbocycles. The summed E-state index contributed by atoms with van der Waals surface area (Å²) in [6.07, 6.45) is 2.49. The summed E-state index contributed by atoms with van der Waals surface area (Å²) in [5.41, 5.74) is 1.69. The van der Waals surface area contributed by atoms with Crippen LogP contribution in [-0.4, -0.2) is 64.6 Å². The van der Waals surface area contributed by atoms with Gasteiger partial charge in [-0.15, -0.1) is 11.3 Å². The highest BCUT2D eigenvalue weighted by atomic mass is 32.1. The molecule has 0 aliphatic carbocycles. The molecule has 1 saturated heterocycles. The monoisotopic (exact) mass is 374 g/mol. The number of rotatable bonds is 5. The van der Waals surface area contributed by atoms with Crippen molar-refractivity contribution in [1.29, 1.82) is 0 Å². The lowest BCUT2D eigenvalue weighted by Crippen LogP contribution is -2.50. The van der Waals surface area contributed by atoms with E-state index in [1.165, 1.54) is 0 Å². The maximum absolute atomic E-state index is 12.4. The van der Waals surface area contributed by atoms with Gasteiger partial charge in [0.1, 0.15) is 0 Å². The van der Waals surface area contributed by atoms with Crippen LogP contribution in [-0.2, 0) is 16.0 Å². The van der Waals surface area contributed by atoms with E-state index in [4.69, 9.17) is 4.74 Å². The summed E-state index contributed by atoms with van der Waals surface area (Å²) < 4.78 is 4.99. The first kappa shape index (κ1) is 18.3. The van der Waals surface area contributed by atoms with Gasteiger partial charge in [-0.1, -0.05) is 6.07 Å². The summed E-state index contributed by atoms with van der Waals surface area (Å²) in [6.45, 7) is 4.29. The minimum atomic E-state index is -0.301. The van der Waals surface area contributed by atoms with E-state index in [2.05, 4.69) is 9.97 Å². The van der Waals surface area contributed by atoms with Crippen LogP contribution in [0.15, 0.2) is 29.8 Å². The fraction of sp³-hybridized carbons (Fsp3) is 0.444. The van der Waals surface area contributed by atoms with Gasteiger partial charge >= 0.3 is 6.09 Å². The van der Waals surface area contributed by atoms with Crippen LogP contribution in [0.3, 0.4) is 0 Å². The molecule has 0 spiro atoms. The van der Waals surface area contributed by atoms with E-state index in [1.54, 1.807) is 29.4 Å². The third-order valence-electron chi connectivity index (χ3n) is 4.19. The molecule has 26 heavy (non-hydrogen) atoms. The van der Waals surface area contributed by atoms with E-state index in [1.807, 2.05) is 28.5 Å². The third kappa shape index (κ3) is 4.57. The van der Waals surface area contributed by atoms with E-state index in [0.29, 0.717) is 45.6 Å². The summed E-state index contributed by atoms with van der Waals surface area (Å²) in [4.78, 5) is 36.4. The average molecular weight is 374 g/mol. The van der Waals surface area contributed by atoms with Gasteiger partial charge in [-0.3, -0.25) is 9.78 Å². The molecule has 0 N–H and O–H groups in total. The average Bonchev–Trinajstić information content (AvgIpc) is 3.16.